The molecule has 2 N–H and O–H groups in total. The molecule has 0 aliphatic rings. The van der Waals surface area contributed by atoms with E-state index >= 15 is 0 Å². The zero-order chi connectivity index (χ0) is 13.4. The summed E-state index contributed by atoms with van der Waals surface area (Å²) in [6.07, 6.45) is 0.349. The van der Waals surface area contributed by atoms with Crippen LogP contribution in [0.2, 0.25) is 0 Å². The fourth-order valence-electron chi connectivity index (χ4n) is 1.68. The molecule has 18 heavy (non-hydrogen) atoms. The highest BCUT2D eigenvalue weighted by Crippen LogP contribution is 2.20. The Bertz CT molecular complexity index is 326. The van der Waals surface area contributed by atoms with Gasteiger partial charge in [0, 0.05) is 19.3 Å². The van der Waals surface area contributed by atoms with Crippen molar-refractivity contribution < 1.29 is 14.9 Å². The Morgan fingerprint density at radius 2 is 1.89 bits per heavy atom. The zero-order valence-corrected chi connectivity index (χ0v) is 11.2. The number of hydrogen-bond donors (Lipinski definition) is 2. The molecule has 0 fully saturated rings. The highest BCUT2D eigenvalue weighted by atomic mass is 16.5. The van der Waals surface area contributed by atoms with Gasteiger partial charge in [0.1, 0.15) is 0 Å². The predicted molar refractivity (Wildman–Crippen MR) is 72.9 cm³/mol. The van der Waals surface area contributed by atoms with Crippen LogP contribution in [-0.2, 0) is 4.74 Å². The highest BCUT2D eigenvalue weighted by molar-refractivity contribution is 5.47. The Morgan fingerprint density at radius 3 is 2.44 bits per heavy atom. The lowest BCUT2D eigenvalue weighted by molar-refractivity contribution is 0.0971. The lowest BCUT2D eigenvalue weighted by atomic mass is 10.1. The molecule has 1 rings (SSSR count). The van der Waals surface area contributed by atoms with Crippen LogP contribution < -0.4 is 4.90 Å². The van der Waals surface area contributed by atoms with Crippen molar-refractivity contribution in [1.82, 2.24) is 0 Å². The van der Waals surface area contributed by atoms with Gasteiger partial charge in [0.05, 0.1) is 25.9 Å². The van der Waals surface area contributed by atoms with Gasteiger partial charge < -0.3 is 19.8 Å². The number of anilines is 1. The third-order valence-corrected chi connectivity index (χ3v) is 2.91. The van der Waals surface area contributed by atoms with E-state index in [0.717, 1.165) is 24.2 Å². The number of aliphatic hydroxyl groups is 2. The van der Waals surface area contributed by atoms with Crippen LogP contribution in [0.25, 0.3) is 0 Å². The Hall–Kier alpha value is -1.10. The molecular weight excluding hydrogens is 230 g/mol. The normalized spacial score (nSPS) is 12.4. The second-order valence-corrected chi connectivity index (χ2v) is 4.27. The van der Waals surface area contributed by atoms with Gasteiger partial charge in [-0.25, -0.2) is 0 Å². The van der Waals surface area contributed by atoms with Crippen LogP contribution in [0.15, 0.2) is 24.3 Å². The van der Waals surface area contributed by atoms with Gasteiger partial charge in [-0.15, -0.1) is 0 Å². The Kier molecular flexibility index (Phi) is 6.72. The van der Waals surface area contributed by atoms with E-state index in [-0.39, 0.29) is 12.7 Å². The van der Waals surface area contributed by atoms with Gasteiger partial charge in [0.2, 0.25) is 0 Å². The van der Waals surface area contributed by atoms with E-state index in [9.17, 15) is 5.11 Å². The van der Waals surface area contributed by atoms with E-state index in [1.165, 1.54) is 0 Å². The minimum atomic E-state index is -0.378. The topological polar surface area (TPSA) is 52.9 Å². The fourth-order valence-corrected chi connectivity index (χ4v) is 1.68. The molecular formula is C14H23NO3. The average molecular weight is 253 g/mol. The van der Waals surface area contributed by atoms with E-state index < -0.39 is 0 Å². The van der Waals surface area contributed by atoms with Crippen molar-refractivity contribution in [2.24, 2.45) is 0 Å². The molecule has 102 valence electrons. The molecule has 0 aliphatic heterocycles. The van der Waals surface area contributed by atoms with Crippen molar-refractivity contribution in [2.45, 2.75) is 19.4 Å². The van der Waals surface area contributed by atoms with Gasteiger partial charge in [-0.1, -0.05) is 19.1 Å². The third kappa shape index (κ3) is 4.64. The largest absolute Gasteiger partial charge is 0.394 e. The van der Waals surface area contributed by atoms with Crippen molar-refractivity contribution in [3.63, 3.8) is 0 Å². The molecule has 0 aliphatic carbocycles. The summed E-state index contributed by atoms with van der Waals surface area (Å²) < 4.78 is 5.22. The molecule has 0 amide bonds. The molecule has 0 spiro atoms. The molecule has 0 aromatic heterocycles. The fraction of sp³-hybridized carbons (Fsp3) is 0.571. The first kappa shape index (κ1) is 15.0. The summed E-state index contributed by atoms with van der Waals surface area (Å²) >= 11 is 0. The molecule has 4 nitrogen and oxygen atoms in total. The molecule has 0 saturated heterocycles. The lowest BCUT2D eigenvalue weighted by Gasteiger charge is -2.20. The summed E-state index contributed by atoms with van der Waals surface area (Å²) in [6, 6.07) is 7.91. The maximum atomic E-state index is 9.70. The number of nitrogens with zero attached hydrogens (tertiary/aromatic N) is 1. The first-order chi connectivity index (χ1) is 8.69. The quantitative estimate of drug-likeness (QED) is 0.691. The third-order valence-electron chi connectivity index (χ3n) is 2.91. The second-order valence-electron chi connectivity index (χ2n) is 4.27. The van der Waals surface area contributed by atoms with Crippen LogP contribution in [0.4, 0.5) is 5.69 Å². The van der Waals surface area contributed by atoms with Crippen molar-refractivity contribution in [1.29, 1.82) is 0 Å². The van der Waals surface area contributed by atoms with Crippen LogP contribution in [-0.4, -0.2) is 43.6 Å². The molecule has 4 heteroatoms. The Morgan fingerprint density at radius 1 is 1.22 bits per heavy atom. The van der Waals surface area contributed by atoms with E-state index in [4.69, 9.17) is 9.84 Å². The number of benzene rings is 1. The average Bonchev–Trinajstić information content (AvgIpc) is 2.42. The molecule has 1 aromatic rings. The first-order valence-electron chi connectivity index (χ1n) is 6.36. The smallest absolute Gasteiger partial charge is 0.0787 e. The van der Waals surface area contributed by atoms with E-state index in [2.05, 4.69) is 4.90 Å². The van der Waals surface area contributed by atoms with E-state index in [1.807, 2.05) is 38.2 Å². The van der Waals surface area contributed by atoms with Crippen LogP contribution in [0.5, 0.6) is 0 Å². The van der Waals surface area contributed by atoms with Crippen LogP contribution in [0.1, 0.15) is 25.0 Å². The summed E-state index contributed by atoms with van der Waals surface area (Å²) in [7, 11) is 1.99. The molecule has 0 heterocycles. The number of aliphatic hydroxyl groups excluding tert-OH is 2. The standard InChI is InChI=1S/C14H23NO3/c1-3-14(17)12-4-6-13(7-5-12)15(2)8-10-18-11-9-16/h4-7,14,16-17H,3,8-11H2,1-2H3. The van der Waals surface area contributed by atoms with E-state index in [1.54, 1.807) is 0 Å². The summed E-state index contributed by atoms with van der Waals surface area (Å²) in [6.45, 7) is 3.78. The number of rotatable bonds is 8. The predicted octanol–water partition coefficient (Wildman–Crippen LogP) is 1.58. The van der Waals surface area contributed by atoms with Crippen molar-refractivity contribution in [3.05, 3.63) is 29.8 Å². The highest BCUT2D eigenvalue weighted by Gasteiger charge is 2.05. The molecule has 1 atom stereocenters. The van der Waals surface area contributed by atoms with Gasteiger partial charge in [-0.2, -0.15) is 0 Å². The summed E-state index contributed by atoms with van der Waals surface area (Å²) in [5.41, 5.74) is 2.04. The van der Waals surface area contributed by atoms with Gasteiger partial charge in [0.15, 0.2) is 0 Å². The van der Waals surface area contributed by atoms with Gasteiger partial charge in [0.25, 0.3) is 0 Å². The Balaban J connectivity index is 2.46. The van der Waals surface area contributed by atoms with Crippen LogP contribution >= 0.6 is 0 Å². The molecule has 0 bridgehead atoms. The molecule has 1 unspecified atom stereocenters. The van der Waals surface area contributed by atoms with Crippen LogP contribution in [0.3, 0.4) is 0 Å². The minimum Gasteiger partial charge on any atom is -0.394 e. The van der Waals surface area contributed by atoms with Crippen molar-refractivity contribution in [3.8, 4) is 0 Å². The Labute approximate surface area is 109 Å². The molecule has 1 aromatic carbocycles. The number of ether oxygens (including phenoxy) is 1. The lowest BCUT2D eigenvalue weighted by Crippen LogP contribution is -2.23. The number of hydrogen-bond acceptors (Lipinski definition) is 4. The maximum absolute atomic E-state index is 9.70. The van der Waals surface area contributed by atoms with Gasteiger partial charge >= 0.3 is 0 Å². The first-order valence-corrected chi connectivity index (χ1v) is 6.36. The van der Waals surface area contributed by atoms with Crippen LogP contribution in [0, 0.1) is 0 Å². The second kappa shape index (κ2) is 8.08. The van der Waals surface area contributed by atoms with Crippen molar-refractivity contribution in [2.75, 3.05) is 38.3 Å². The summed E-state index contributed by atoms with van der Waals surface area (Å²) in [5, 5.41) is 18.3. The zero-order valence-electron chi connectivity index (χ0n) is 11.2. The number of likely N-dealkylation sites (N-methyl/N-ethyl adjacent to an activating group) is 1. The van der Waals surface area contributed by atoms with Crippen molar-refractivity contribution >= 4 is 5.69 Å². The SMILES string of the molecule is CCC(O)c1ccc(N(C)CCOCCO)cc1. The monoisotopic (exact) mass is 253 g/mol. The molecule has 0 radical (unpaired) electrons. The maximum Gasteiger partial charge on any atom is 0.0787 e. The van der Waals surface area contributed by atoms with Gasteiger partial charge in [-0.3, -0.25) is 0 Å². The summed E-state index contributed by atoms with van der Waals surface area (Å²) in [5.74, 6) is 0. The minimum absolute atomic E-state index is 0.0628. The summed E-state index contributed by atoms with van der Waals surface area (Å²) in [4.78, 5) is 2.08. The molecule has 0 saturated carbocycles. The van der Waals surface area contributed by atoms with E-state index in [0.29, 0.717) is 13.2 Å². The van der Waals surface area contributed by atoms with Gasteiger partial charge in [-0.05, 0) is 24.1 Å².